The first-order valence-electron chi connectivity index (χ1n) is 7.11. The zero-order valence-electron chi connectivity index (χ0n) is 13.0. The number of nitrogens with one attached hydrogen (secondary N) is 1. The third-order valence-electron chi connectivity index (χ3n) is 2.85. The summed E-state index contributed by atoms with van der Waals surface area (Å²) in [5.74, 6) is 0. The number of hydrogen-bond donors (Lipinski definition) is 2. The summed E-state index contributed by atoms with van der Waals surface area (Å²) in [7, 11) is 0. The molecule has 20 heavy (non-hydrogen) atoms. The van der Waals surface area contributed by atoms with Gasteiger partial charge in [-0.2, -0.15) is 0 Å². The first-order valence-corrected chi connectivity index (χ1v) is 7.11. The highest BCUT2D eigenvalue weighted by Gasteiger charge is 2.16. The van der Waals surface area contributed by atoms with Crippen molar-refractivity contribution in [2.45, 2.75) is 52.6 Å². The molecule has 0 aliphatic rings. The van der Waals surface area contributed by atoms with Crippen molar-refractivity contribution in [1.82, 2.24) is 0 Å². The lowest BCUT2D eigenvalue weighted by Crippen LogP contribution is -2.27. The number of benzene rings is 1. The Morgan fingerprint density at radius 2 is 2.00 bits per heavy atom. The number of amides is 1. The van der Waals surface area contributed by atoms with Crippen LogP contribution >= 0.6 is 0 Å². The lowest BCUT2D eigenvalue weighted by atomic mass is 10.0. The van der Waals surface area contributed by atoms with Gasteiger partial charge in [-0.3, -0.25) is 5.32 Å². The Morgan fingerprint density at radius 3 is 2.55 bits per heavy atom. The van der Waals surface area contributed by atoms with Gasteiger partial charge >= 0.3 is 6.09 Å². The van der Waals surface area contributed by atoms with Crippen LogP contribution in [0.15, 0.2) is 18.2 Å². The minimum absolute atomic E-state index is 0.420. The molecule has 0 radical (unpaired) electrons. The molecule has 0 aliphatic carbocycles. The Hall–Kier alpha value is -1.55. The minimum atomic E-state index is -0.486. The van der Waals surface area contributed by atoms with Gasteiger partial charge < -0.3 is 10.5 Å². The predicted molar refractivity (Wildman–Crippen MR) is 83.0 cm³/mol. The van der Waals surface area contributed by atoms with Gasteiger partial charge in [0.2, 0.25) is 0 Å². The highest BCUT2D eigenvalue weighted by molar-refractivity contribution is 5.85. The molecule has 1 aromatic rings. The normalized spacial score (nSPS) is 11.2. The van der Waals surface area contributed by atoms with Gasteiger partial charge in [-0.1, -0.05) is 12.1 Å². The number of nitrogens with two attached hydrogens (primary N) is 1. The highest BCUT2D eigenvalue weighted by Crippen LogP contribution is 2.19. The molecule has 1 rings (SSSR count). The molecule has 0 saturated carbocycles. The lowest BCUT2D eigenvalue weighted by molar-refractivity contribution is 0.0636. The molecule has 0 atom stereocenters. The Balaban J connectivity index is 2.61. The second kappa shape index (κ2) is 7.29. The van der Waals surface area contributed by atoms with Gasteiger partial charge in [0, 0.05) is 5.69 Å². The maximum atomic E-state index is 11.7. The maximum Gasteiger partial charge on any atom is 0.412 e. The largest absolute Gasteiger partial charge is 0.444 e. The first kappa shape index (κ1) is 16.5. The highest BCUT2D eigenvalue weighted by atomic mass is 16.6. The summed E-state index contributed by atoms with van der Waals surface area (Å²) in [5.41, 5.74) is 8.11. The summed E-state index contributed by atoms with van der Waals surface area (Å²) < 4.78 is 5.24. The van der Waals surface area contributed by atoms with Gasteiger partial charge in [0.1, 0.15) is 5.60 Å². The van der Waals surface area contributed by atoms with Crippen molar-refractivity contribution in [2.24, 2.45) is 5.73 Å². The third kappa shape index (κ3) is 6.06. The molecule has 4 heteroatoms. The van der Waals surface area contributed by atoms with Crippen LogP contribution in [0, 0.1) is 6.92 Å². The van der Waals surface area contributed by atoms with Crippen LogP contribution in [0.1, 0.15) is 44.7 Å². The van der Waals surface area contributed by atoms with E-state index in [-0.39, 0.29) is 0 Å². The summed E-state index contributed by atoms with van der Waals surface area (Å²) in [6.07, 6.45) is 2.73. The Morgan fingerprint density at radius 1 is 1.30 bits per heavy atom. The molecule has 0 aromatic heterocycles. The van der Waals surface area contributed by atoms with E-state index in [1.807, 2.05) is 39.8 Å². The fourth-order valence-electron chi connectivity index (χ4n) is 1.91. The number of carbonyl (C=O) groups is 1. The number of ether oxygens (including phenoxy) is 1. The standard InChI is InChI=1S/C16H26N2O2/c1-12-11-13(7-5-6-10-17)8-9-14(12)18-15(19)20-16(2,3)4/h8-9,11H,5-7,10,17H2,1-4H3,(H,18,19). The number of hydrogen-bond acceptors (Lipinski definition) is 3. The van der Waals surface area contributed by atoms with Crippen LogP contribution in [-0.2, 0) is 11.2 Å². The lowest BCUT2D eigenvalue weighted by Gasteiger charge is -2.20. The van der Waals surface area contributed by atoms with Crippen molar-refractivity contribution in [3.63, 3.8) is 0 Å². The number of anilines is 1. The van der Waals surface area contributed by atoms with E-state index < -0.39 is 11.7 Å². The predicted octanol–water partition coefficient (Wildman–Crippen LogP) is 3.62. The van der Waals surface area contributed by atoms with Crippen LogP contribution in [0.25, 0.3) is 0 Å². The molecular formula is C16H26N2O2. The Kier molecular flexibility index (Phi) is 6.02. The van der Waals surface area contributed by atoms with E-state index in [2.05, 4.69) is 11.4 Å². The van der Waals surface area contributed by atoms with Crippen LogP contribution < -0.4 is 11.1 Å². The molecule has 0 aliphatic heterocycles. The van der Waals surface area contributed by atoms with Crippen LogP contribution in [-0.4, -0.2) is 18.2 Å². The van der Waals surface area contributed by atoms with E-state index >= 15 is 0 Å². The van der Waals surface area contributed by atoms with E-state index in [1.165, 1.54) is 5.56 Å². The van der Waals surface area contributed by atoms with Crippen molar-refractivity contribution in [2.75, 3.05) is 11.9 Å². The fraction of sp³-hybridized carbons (Fsp3) is 0.562. The van der Waals surface area contributed by atoms with Crippen LogP contribution in [0.4, 0.5) is 10.5 Å². The number of unbranched alkanes of at least 4 members (excludes halogenated alkanes) is 1. The molecule has 0 bridgehead atoms. The molecule has 0 heterocycles. The van der Waals surface area contributed by atoms with E-state index in [9.17, 15) is 4.79 Å². The van der Waals surface area contributed by atoms with E-state index in [0.29, 0.717) is 0 Å². The smallest absolute Gasteiger partial charge is 0.412 e. The zero-order chi connectivity index (χ0) is 15.2. The van der Waals surface area contributed by atoms with Gasteiger partial charge in [-0.15, -0.1) is 0 Å². The molecule has 0 unspecified atom stereocenters. The number of carbonyl (C=O) groups excluding carboxylic acids is 1. The first-order chi connectivity index (χ1) is 9.31. The summed E-state index contributed by atoms with van der Waals surface area (Å²) in [4.78, 5) is 11.7. The molecule has 0 saturated heterocycles. The molecule has 112 valence electrons. The fourth-order valence-corrected chi connectivity index (χ4v) is 1.91. The van der Waals surface area contributed by atoms with Crippen molar-refractivity contribution >= 4 is 11.8 Å². The molecule has 1 amide bonds. The average Bonchev–Trinajstić information content (AvgIpc) is 2.30. The van der Waals surface area contributed by atoms with Gasteiger partial charge in [0.25, 0.3) is 0 Å². The number of aryl methyl sites for hydroxylation is 2. The quantitative estimate of drug-likeness (QED) is 0.808. The maximum absolute atomic E-state index is 11.7. The Bertz CT molecular complexity index is 450. The second-order valence-electron chi connectivity index (χ2n) is 6.02. The van der Waals surface area contributed by atoms with Crippen molar-refractivity contribution in [1.29, 1.82) is 0 Å². The van der Waals surface area contributed by atoms with Crippen molar-refractivity contribution in [3.8, 4) is 0 Å². The zero-order valence-corrected chi connectivity index (χ0v) is 13.0. The Labute approximate surface area is 121 Å². The van der Waals surface area contributed by atoms with Gasteiger partial charge in [0.15, 0.2) is 0 Å². The van der Waals surface area contributed by atoms with E-state index in [1.54, 1.807) is 0 Å². The second-order valence-corrected chi connectivity index (χ2v) is 6.02. The summed E-state index contributed by atoms with van der Waals surface area (Å²) >= 11 is 0. The number of rotatable bonds is 5. The molecule has 3 N–H and O–H groups in total. The van der Waals surface area contributed by atoms with Crippen molar-refractivity contribution in [3.05, 3.63) is 29.3 Å². The molecular weight excluding hydrogens is 252 g/mol. The van der Waals surface area contributed by atoms with Crippen LogP contribution in [0.5, 0.6) is 0 Å². The third-order valence-corrected chi connectivity index (χ3v) is 2.85. The van der Waals surface area contributed by atoms with Gasteiger partial charge in [-0.05, 0) is 70.7 Å². The molecule has 0 fully saturated rings. The minimum Gasteiger partial charge on any atom is -0.444 e. The van der Waals surface area contributed by atoms with E-state index in [4.69, 9.17) is 10.5 Å². The summed E-state index contributed by atoms with van der Waals surface area (Å²) in [6, 6.07) is 6.07. The monoisotopic (exact) mass is 278 g/mol. The SMILES string of the molecule is Cc1cc(CCCCN)ccc1NC(=O)OC(C)(C)C. The average molecular weight is 278 g/mol. The molecule has 0 spiro atoms. The van der Waals surface area contributed by atoms with Crippen LogP contribution in [0.3, 0.4) is 0 Å². The van der Waals surface area contributed by atoms with Gasteiger partial charge in [0.05, 0.1) is 0 Å². The van der Waals surface area contributed by atoms with Gasteiger partial charge in [-0.25, -0.2) is 4.79 Å². The van der Waals surface area contributed by atoms with E-state index in [0.717, 1.165) is 37.1 Å². The topological polar surface area (TPSA) is 64.3 Å². The van der Waals surface area contributed by atoms with Crippen LogP contribution in [0.2, 0.25) is 0 Å². The van der Waals surface area contributed by atoms with Crippen molar-refractivity contribution < 1.29 is 9.53 Å². The molecule has 4 nitrogen and oxygen atoms in total. The summed E-state index contributed by atoms with van der Waals surface area (Å²) in [6.45, 7) is 8.26. The molecule has 1 aromatic carbocycles. The summed E-state index contributed by atoms with van der Waals surface area (Å²) in [5, 5.41) is 2.78.